The van der Waals surface area contributed by atoms with E-state index in [1.807, 2.05) is 0 Å². The summed E-state index contributed by atoms with van der Waals surface area (Å²) >= 11 is 0. The molecule has 0 spiro atoms. The minimum atomic E-state index is -4.57. The fraction of sp³-hybridized carbons (Fsp3) is 0.250. The van der Waals surface area contributed by atoms with E-state index in [0.29, 0.717) is 12.0 Å². The first-order valence-electron chi connectivity index (χ1n) is 3.96. The standard InChI is InChI=1S/C8H10FO4P/c1-2-6-5-7(9)3-4-8(6)13-14(10,11)12/h3-5H,2H2,1H3,(H2,10,11,12). The molecule has 0 saturated heterocycles. The van der Waals surface area contributed by atoms with Gasteiger partial charge in [0.15, 0.2) is 0 Å². The Balaban J connectivity index is 3.03. The van der Waals surface area contributed by atoms with E-state index in [2.05, 4.69) is 4.52 Å². The Bertz CT molecular complexity index is 374. The SMILES string of the molecule is CCc1cc(F)ccc1OP(=O)(O)O. The smallest absolute Gasteiger partial charge is 0.404 e. The summed E-state index contributed by atoms with van der Waals surface area (Å²) in [5.74, 6) is -0.442. The highest BCUT2D eigenvalue weighted by molar-refractivity contribution is 7.46. The van der Waals surface area contributed by atoms with Gasteiger partial charge in [-0.2, -0.15) is 0 Å². The lowest BCUT2D eigenvalue weighted by Gasteiger charge is -2.10. The zero-order valence-corrected chi connectivity index (χ0v) is 8.37. The van der Waals surface area contributed by atoms with E-state index in [9.17, 15) is 8.96 Å². The Labute approximate surface area is 80.6 Å². The molecule has 1 aromatic rings. The number of halogens is 1. The molecule has 0 aliphatic carbocycles. The van der Waals surface area contributed by atoms with Crippen LogP contribution in [0.25, 0.3) is 0 Å². The number of hydrogen-bond donors (Lipinski definition) is 2. The number of hydrogen-bond acceptors (Lipinski definition) is 2. The minimum Gasteiger partial charge on any atom is -0.404 e. The van der Waals surface area contributed by atoms with Crippen LogP contribution in [0, 0.1) is 5.82 Å². The van der Waals surface area contributed by atoms with Crippen molar-refractivity contribution in [1.29, 1.82) is 0 Å². The molecule has 4 nitrogen and oxygen atoms in total. The van der Waals surface area contributed by atoms with Crippen LogP contribution < -0.4 is 4.52 Å². The van der Waals surface area contributed by atoms with Crippen molar-refractivity contribution >= 4 is 7.82 Å². The molecule has 1 rings (SSSR count). The molecule has 78 valence electrons. The maximum Gasteiger partial charge on any atom is 0.524 e. The van der Waals surface area contributed by atoms with Crippen LogP contribution in [0.4, 0.5) is 4.39 Å². The third-order valence-corrected chi connectivity index (χ3v) is 2.06. The van der Waals surface area contributed by atoms with E-state index < -0.39 is 13.6 Å². The van der Waals surface area contributed by atoms with Gasteiger partial charge in [-0.3, -0.25) is 9.79 Å². The van der Waals surface area contributed by atoms with E-state index in [0.717, 1.165) is 6.07 Å². The monoisotopic (exact) mass is 220 g/mol. The van der Waals surface area contributed by atoms with Gasteiger partial charge in [0.25, 0.3) is 0 Å². The Kier molecular flexibility index (Phi) is 3.26. The molecule has 0 atom stereocenters. The third kappa shape index (κ3) is 3.10. The van der Waals surface area contributed by atoms with Gasteiger partial charge in [0.1, 0.15) is 11.6 Å². The Hall–Kier alpha value is -0.900. The number of benzene rings is 1. The summed E-state index contributed by atoms with van der Waals surface area (Å²) in [6.07, 6.45) is 0.438. The molecular weight excluding hydrogens is 210 g/mol. The summed E-state index contributed by atoms with van der Waals surface area (Å²) in [7, 11) is -4.57. The predicted octanol–water partition coefficient (Wildman–Crippen LogP) is 1.86. The van der Waals surface area contributed by atoms with Gasteiger partial charge in [0.2, 0.25) is 0 Å². The summed E-state index contributed by atoms with van der Waals surface area (Å²) in [6.45, 7) is 1.74. The van der Waals surface area contributed by atoms with E-state index in [1.54, 1.807) is 6.92 Å². The van der Waals surface area contributed by atoms with E-state index in [4.69, 9.17) is 9.79 Å². The first-order chi connectivity index (χ1) is 6.42. The molecule has 6 heteroatoms. The first-order valence-corrected chi connectivity index (χ1v) is 5.49. The van der Waals surface area contributed by atoms with Crippen molar-refractivity contribution in [3.05, 3.63) is 29.6 Å². The lowest BCUT2D eigenvalue weighted by molar-refractivity contribution is 0.282. The second kappa shape index (κ2) is 4.09. The fourth-order valence-corrected chi connectivity index (χ4v) is 1.48. The minimum absolute atomic E-state index is 0.0160. The second-order valence-electron chi connectivity index (χ2n) is 2.69. The van der Waals surface area contributed by atoms with E-state index in [1.165, 1.54) is 12.1 Å². The highest BCUT2D eigenvalue weighted by atomic mass is 31.2. The highest BCUT2D eigenvalue weighted by Crippen LogP contribution is 2.39. The molecular formula is C8H10FO4P. The lowest BCUT2D eigenvalue weighted by atomic mass is 10.1. The molecule has 0 unspecified atom stereocenters. The van der Waals surface area contributed by atoms with Crippen LogP contribution in [0.2, 0.25) is 0 Å². The molecule has 0 bridgehead atoms. The molecule has 0 aliphatic heterocycles. The maximum atomic E-state index is 12.7. The van der Waals surface area contributed by atoms with Gasteiger partial charge in [-0.15, -0.1) is 0 Å². The van der Waals surface area contributed by atoms with Gasteiger partial charge in [-0.25, -0.2) is 8.96 Å². The Morgan fingerprint density at radius 3 is 2.64 bits per heavy atom. The molecule has 1 aromatic carbocycles. The van der Waals surface area contributed by atoms with Crippen molar-refractivity contribution in [2.24, 2.45) is 0 Å². The predicted molar refractivity (Wildman–Crippen MR) is 48.5 cm³/mol. The van der Waals surface area contributed by atoms with Crippen molar-refractivity contribution in [1.82, 2.24) is 0 Å². The van der Waals surface area contributed by atoms with Crippen LogP contribution in [0.5, 0.6) is 5.75 Å². The van der Waals surface area contributed by atoms with Gasteiger partial charge < -0.3 is 4.52 Å². The third-order valence-electron chi connectivity index (χ3n) is 1.62. The topological polar surface area (TPSA) is 66.8 Å². The van der Waals surface area contributed by atoms with Crippen molar-refractivity contribution in [2.75, 3.05) is 0 Å². The molecule has 0 amide bonds. The highest BCUT2D eigenvalue weighted by Gasteiger charge is 2.17. The van der Waals surface area contributed by atoms with Crippen LogP contribution in [-0.4, -0.2) is 9.79 Å². The molecule has 14 heavy (non-hydrogen) atoms. The van der Waals surface area contributed by atoms with Crippen LogP contribution in [0.1, 0.15) is 12.5 Å². The molecule has 0 aliphatic rings. The summed E-state index contributed by atoms with van der Waals surface area (Å²) < 4.78 is 27.6. The van der Waals surface area contributed by atoms with Gasteiger partial charge in [0, 0.05) is 0 Å². The summed E-state index contributed by atoms with van der Waals surface area (Å²) in [6, 6.07) is 3.47. The summed E-state index contributed by atoms with van der Waals surface area (Å²) in [4.78, 5) is 17.1. The van der Waals surface area contributed by atoms with Gasteiger partial charge >= 0.3 is 7.82 Å². The summed E-state index contributed by atoms with van der Waals surface area (Å²) in [5.41, 5.74) is 0.424. The number of phosphoric acid groups is 1. The average Bonchev–Trinajstić information content (AvgIpc) is 2.06. The number of aryl methyl sites for hydroxylation is 1. The van der Waals surface area contributed by atoms with Crippen LogP contribution in [0.15, 0.2) is 18.2 Å². The van der Waals surface area contributed by atoms with E-state index in [-0.39, 0.29) is 5.75 Å². The number of rotatable bonds is 3. The van der Waals surface area contributed by atoms with Gasteiger partial charge in [-0.05, 0) is 30.2 Å². The molecule has 0 radical (unpaired) electrons. The number of phosphoric ester groups is 1. The zero-order valence-electron chi connectivity index (χ0n) is 7.48. The molecule has 0 aromatic heterocycles. The lowest BCUT2D eigenvalue weighted by Crippen LogP contribution is -1.95. The van der Waals surface area contributed by atoms with Crippen molar-refractivity contribution in [3.63, 3.8) is 0 Å². The van der Waals surface area contributed by atoms with Crippen molar-refractivity contribution in [3.8, 4) is 5.75 Å². The van der Waals surface area contributed by atoms with Crippen LogP contribution >= 0.6 is 7.82 Å². The van der Waals surface area contributed by atoms with E-state index >= 15 is 0 Å². The first kappa shape index (κ1) is 11.2. The van der Waals surface area contributed by atoms with Crippen LogP contribution in [-0.2, 0) is 11.0 Å². The summed E-state index contributed by atoms with van der Waals surface area (Å²) in [5, 5.41) is 0. The quantitative estimate of drug-likeness (QED) is 0.763. The van der Waals surface area contributed by atoms with Gasteiger partial charge in [0.05, 0.1) is 0 Å². The average molecular weight is 220 g/mol. The van der Waals surface area contributed by atoms with Crippen molar-refractivity contribution in [2.45, 2.75) is 13.3 Å². The molecule has 0 saturated carbocycles. The molecule has 0 fully saturated rings. The van der Waals surface area contributed by atoms with Gasteiger partial charge in [-0.1, -0.05) is 6.92 Å². The molecule has 0 heterocycles. The Morgan fingerprint density at radius 2 is 2.14 bits per heavy atom. The molecule has 2 N–H and O–H groups in total. The maximum absolute atomic E-state index is 12.7. The fourth-order valence-electron chi connectivity index (χ4n) is 1.04. The van der Waals surface area contributed by atoms with Crippen LogP contribution in [0.3, 0.4) is 0 Å². The zero-order chi connectivity index (χ0) is 10.8. The largest absolute Gasteiger partial charge is 0.524 e. The second-order valence-corrected chi connectivity index (χ2v) is 3.85. The Morgan fingerprint density at radius 1 is 1.50 bits per heavy atom. The van der Waals surface area contributed by atoms with Crippen molar-refractivity contribution < 1.29 is 23.3 Å². The normalized spacial score (nSPS) is 11.4.